The summed E-state index contributed by atoms with van der Waals surface area (Å²) in [4.78, 5) is 13.8. The van der Waals surface area contributed by atoms with Gasteiger partial charge in [0.15, 0.2) is 0 Å². The van der Waals surface area contributed by atoms with Crippen molar-refractivity contribution in [2.75, 3.05) is 19.0 Å². The first kappa shape index (κ1) is 13.3. The molecule has 1 aromatic rings. The summed E-state index contributed by atoms with van der Waals surface area (Å²) >= 11 is 11.5. The average Bonchev–Trinajstić information content (AvgIpc) is 2.25. The quantitative estimate of drug-likeness (QED) is 0.760. The Bertz CT molecular complexity index is 379. The monoisotopic (exact) mass is 259 g/mol. The molecule has 0 aliphatic heterocycles. The van der Waals surface area contributed by atoms with Gasteiger partial charge in [-0.25, -0.2) is 0 Å². The molecule has 0 bridgehead atoms. The molecule has 1 amide bonds. The zero-order chi connectivity index (χ0) is 12.1. The van der Waals surface area contributed by atoms with Crippen LogP contribution in [0.5, 0.6) is 0 Å². The highest BCUT2D eigenvalue weighted by Gasteiger charge is 2.15. The molecule has 4 heteroatoms. The van der Waals surface area contributed by atoms with E-state index in [-0.39, 0.29) is 5.91 Å². The van der Waals surface area contributed by atoms with E-state index < -0.39 is 0 Å². The lowest BCUT2D eigenvalue weighted by Crippen LogP contribution is -2.32. The summed E-state index contributed by atoms with van der Waals surface area (Å²) in [6, 6.07) is 5.29. The second-order valence-corrected chi connectivity index (χ2v) is 4.35. The molecule has 0 saturated carbocycles. The van der Waals surface area contributed by atoms with Crippen molar-refractivity contribution < 1.29 is 4.79 Å². The van der Waals surface area contributed by atoms with Gasteiger partial charge in [-0.1, -0.05) is 11.6 Å². The molecule has 0 atom stereocenters. The average molecular weight is 260 g/mol. The van der Waals surface area contributed by atoms with E-state index in [1.807, 2.05) is 13.8 Å². The van der Waals surface area contributed by atoms with Crippen molar-refractivity contribution in [1.29, 1.82) is 0 Å². The van der Waals surface area contributed by atoms with Gasteiger partial charge in [0.05, 0.1) is 0 Å². The van der Waals surface area contributed by atoms with Crippen LogP contribution in [-0.4, -0.2) is 29.8 Å². The van der Waals surface area contributed by atoms with E-state index in [1.54, 1.807) is 23.1 Å². The van der Waals surface area contributed by atoms with E-state index in [0.29, 0.717) is 29.6 Å². The molecule has 16 heavy (non-hydrogen) atoms. The van der Waals surface area contributed by atoms with Crippen LogP contribution in [0.4, 0.5) is 0 Å². The second kappa shape index (κ2) is 6.12. The fourth-order valence-corrected chi connectivity index (χ4v) is 1.97. The molecule has 0 aliphatic rings. The van der Waals surface area contributed by atoms with E-state index in [0.717, 1.165) is 5.56 Å². The number of benzene rings is 1. The summed E-state index contributed by atoms with van der Waals surface area (Å²) in [6.45, 7) is 5.05. The number of carbonyl (C=O) groups excluding carboxylic acids is 1. The Hall–Kier alpha value is -0.730. The van der Waals surface area contributed by atoms with Gasteiger partial charge in [-0.2, -0.15) is 0 Å². The molecule has 0 N–H and O–H groups in total. The predicted molar refractivity (Wildman–Crippen MR) is 68.5 cm³/mol. The van der Waals surface area contributed by atoms with Crippen LogP contribution < -0.4 is 0 Å². The Labute approximate surface area is 106 Å². The van der Waals surface area contributed by atoms with Crippen LogP contribution in [0.1, 0.15) is 22.8 Å². The minimum Gasteiger partial charge on any atom is -0.338 e. The molecule has 0 saturated heterocycles. The maximum absolute atomic E-state index is 12.1. The van der Waals surface area contributed by atoms with Gasteiger partial charge in [0, 0.05) is 29.6 Å². The molecular weight excluding hydrogens is 245 g/mol. The highest BCUT2D eigenvalue weighted by atomic mass is 35.5. The van der Waals surface area contributed by atoms with Crippen molar-refractivity contribution in [3.63, 3.8) is 0 Å². The normalized spacial score (nSPS) is 10.2. The molecule has 2 nitrogen and oxygen atoms in total. The SMILES string of the molecule is CCN(CCCl)C(=O)c1ccc(Cl)cc1C. The molecule has 0 fully saturated rings. The molecule has 0 aliphatic carbocycles. The van der Waals surface area contributed by atoms with E-state index in [1.165, 1.54) is 0 Å². The summed E-state index contributed by atoms with van der Waals surface area (Å²) in [5.41, 5.74) is 1.59. The van der Waals surface area contributed by atoms with Crippen LogP contribution in [0, 0.1) is 6.92 Å². The van der Waals surface area contributed by atoms with Crippen molar-refractivity contribution in [1.82, 2.24) is 4.90 Å². The first-order valence-corrected chi connectivity index (χ1v) is 6.12. The fourth-order valence-electron chi connectivity index (χ4n) is 1.54. The molecular formula is C12H15Cl2NO. The van der Waals surface area contributed by atoms with Gasteiger partial charge in [-0.05, 0) is 37.6 Å². The first-order valence-electron chi connectivity index (χ1n) is 5.21. The lowest BCUT2D eigenvalue weighted by atomic mass is 10.1. The number of alkyl halides is 1. The predicted octanol–water partition coefficient (Wildman–Crippen LogP) is 3.35. The number of aryl methyl sites for hydroxylation is 1. The molecule has 0 heterocycles. The number of hydrogen-bond acceptors (Lipinski definition) is 1. The number of halogens is 2. The Morgan fingerprint density at radius 3 is 2.62 bits per heavy atom. The smallest absolute Gasteiger partial charge is 0.254 e. The topological polar surface area (TPSA) is 20.3 Å². The zero-order valence-electron chi connectivity index (χ0n) is 9.46. The molecule has 0 spiro atoms. The Morgan fingerprint density at radius 2 is 2.12 bits per heavy atom. The Balaban J connectivity index is 2.94. The molecule has 0 unspecified atom stereocenters. The molecule has 1 aromatic carbocycles. The summed E-state index contributed by atoms with van der Waals surface area (Å²) in [5, 5.41) is 0.648. The number of rotatable bonds is 4. The molecule has 0 aromatic heterocycles. The summed E-state index contributed by atoms with van der Waals surface area (Å²) in [7, 11) is 0. The van der Waals surface area contributed by atoms with Crippen LogP contribution >= 0.6 is 23.2 Å². The number of nitrogens with zero attached hydrogens (tertiary/aromatic N) is 1. The number of carbonyl (C=O) groups is 1. The maximum atomic E-state index is 12.1. The summed E-state index contributed by atoms with van der Waals surface area (Å²) < 4.78 is 0. The van der Waals surface area contributed by atoms with Crippen LogP contribution in [0.25, 0.3) is 0 Å². The Morgan fingerprint density at radius 1 is 1.44 bits per heavy atom. The summed E-state index contributed by atoms with van der Waals surface area (Å²) in [5.74, 6) is 0.462. The Kier molecular flexibility index (Phi) is 5.10. The van der Waals surface area contributed by atoms with Crippen LogP contribution in [0.2, 0.25) is 5.02 Å². The third kappa shape index (κ3) is 3.13. The van der Waals surface area contributed by atoms with Crippen molar-refractivity contribution in [2.24, 2.45) is 0 Å². The lowest BCUT2D eigenvalue weighted by molar-refractivity contribution is 0.0773. The van der Waals surface area contributed by atoms with Gasteiger partial charge >= 0.3 is 0 Å². The van der Waals surface area contributed by atoms with Crippen molar-refractivity contribution >= 4 is 29.1 Å². The first-order chi connectivity index (χ1) is 7.60. The second-order valence-electron chi connectivity index (χ2n) is 3.53. The highest BCUT2D eigenvalue weighted by molar-refractivity contribution is 6.30. The van der Waals surface area contributed by atoms with Gasteiger partial charge in [0.25, 0.3) is 5.91 Å². The zero-order valence-corrected chi connectivity index (χ0v) is 11.0. The minimum absolute atomic E-state index is 0.0114. The fraction of sp³-hybridized carbons (Fsp3) is 0.417. The largest absolute Gasteiger partial charge is 0.338 e. The van der Waals surface area contributed by atoms with Crippen molar-refractivity contribution in [3.05, 3.63) is 34.3 Å². The van der Waals surface area contributed by atoms with Crippen molar-refractivity contribution in [3.8, 4) is 0 Å². The number of amides is 1. The third-order valence-corrected chi connectivity index (χ3v) is 2.85. The van der Waals surface area contributed by atoms with Crippen LogP contribution in [0.3, 0.4) is 0 Å². The molecule has 1 rings (SSSR count). The van der Waals surface area contributed by atoms with E-state index in [2.05, 4.69) is 0 Å². The highest BCUT2D eigenvalue weighted by Crippen LogP contribution is 2.16. The van der Waals surface area contributed by atoms with Gasteiger partial charge in [-0.15, -0.1) is 11.6 Å². The minimum atomic E-state index is 0.0114. The van der Waals surface area contributed by atoms with Gasteiger partial charge < -0.3 is 4.90 Å². The van der Waals surface area contributed by atoms with E-state index in [4.69, 9.17) is 23.2 Å². The maximum Gasteiger partial charge on any atom is 0.254 e. The van der Waals surface area contributed by atoms with E-state index in [9.17, 15) is 4.79 Å². The van der Waals surface area contributed by atoms with Crippen LogP contribution in [-0.2, 0) is 0 Å². The van der Waals surface area contributed by atoms with Gasteiger partial charge in [0.1, 0.15) is 0 Å². The molecule has 88 valence electrons. The lowest BCUT2D eigenvalue weighted by Gasteiger charge is -2.20. The third-order valence-electron chi connectivity index (χ3n) is 2.44. The van der Waals surface area contributed by atoms with Gasteiger partial charge in [-0.3, -0.25) is 4.79 Å². The standard InChI is InChI=1S/C12H15Cl2NO/c1-3-15(7-6-13)12(16)11-5-4-10(14)8-9(11)2/h4-5,8H,3,6-7H2,1-2H3. The van der Waals surface area contributed by atoms with E-state index >= 15 is 0 Å². The van der Waals surface area contributed by atoms with Crippen LogP contribution in [0.15, 0.2) is 18.2 Å². The number of hydrogen-bond donors (Lipinski definition) is 0. The summed E-state index contributed by atoms with van der Waals surface area (Å²) in [6.07, 6.45) is 0. The van der Waals surface area contributed by atoms with Crippen molar-refractivity contribution in [2.45, 2.75) is 13.8 Å². The molecule has 0 radical (unpaired) electrons. The van der Waals surface area contributed by atoms with Gasteiger partial charge in [0.2, 0.25) is 0 Å².